The first-order chi connectivity index (χ1) is 27.5. The number of fused-ring (bicyclic) bond motifs is 2. The summed E-state index contributed by atoms with van der Waals surface area (Å²) in [6, 6.07) is 11.3. The largest absolute Gasteiger partial charge is 0.494 e. The fourth-order valence-corrected chi connectivity index (χ4v) is 7.99. The number of likely N-dealkylation sites (tertiary alicyclic amines) is 1. The van der Waals surface area contributed by atoms with Gasteiger partial charge in [-0.05, 0) is 55.7 Å². The molecule has 2 saturated heterocycles. The van der Waals surface area contributed by atoms with Crippen molar-refractivity contribution in [2.24, 2.45) is 0 Å². The standard InChI is InChI=1S/C39H36ClFN8O7S/c1-56-30-18-27-24(36(43-20-42-27)45-22-7-8-26(41)25(40)16-22)17-28(30)46-32(50)6-3-13-48-14-11-21(12-15-48)44-34(52)19-57-31-5-2-4-23-35(31)39(55)49(38(23)54)29-9-10-33(51)47-37(29)53/h2-8,16-18,20-21,29H,9-15,19H2,1H3,(H,44,52)(H,46,50)(H,42,43,45)(H,47,51,53)/b6-3+. The number of halogens is 2. The first-order valence-corrected chi connectivity index (χ1v) is 19.4. The van der Waals surface area contributed by atoms with Crippen LogP contribution in [0.5, 0.6) is 5.75 Å². The second kappa shape index (κ2) is 17.1. The van der Waals surface area contributed by atoms with Crippen LogP contribution in [0, 0.1) is 5.82 Å². The molecule has 18 heteroatoms. The molecular weight excluding hydrogens is 779 g/mol. The van der Waals surface area contributed by atoms with Gasteiger partial charge in [0, 0.05) is 60.2 Å². The lowest BCUT2D eigenvalue weighted by Gasteiger charge is -2.31. The lowest BCUT2D eigenvalue weighted by Crippen LogP contribution is -2.54. The molecule has 4 heterocycles. The Balaban J connectivity index is 0.882. The molecule has 3 aliphatic rings. The third-order valence-electron chi connectivity index (χ3n) is 9.77. The van der Waals surface area contributed by atoms with E-state index < -0.39 is 35.5 Å². The Morgan fingerprint density at radius 2 is 1.86 bits per heavy atom. The summed E-state index contributed by atoms with van der Waals surface area (Å²) in [4.78, 5) is 88.6. The quantitative estimate of drug-likeness (QED) is 0.0895. The third-order valence-corrected chi connectivity index (χ3v) is 11.1. The van der Waals surface area contributed by atoms with Crippen molar-refractivity contribution in [2.75, 3.05) is 43.1 Å². The Hall–Kier alpha value is -5.91. The van der Waals surface area contributed by atoms with E-state index in [9.17, 15) is 33.2 Å². The van der Waals surface area contributed by atoms with E-state index in [0.717, 1.165) is 16.7 Å². The maximum absolute atomic E-state index is 13.7. The van der Waals surface area contributed by atoms with Crippen LogP contribution in [0.1, 0.15) is 46.4 Å². The van der Waals surface area contributed by atoms with Crippen LogP contribution in [-0.4, -0.2) is 99.8 Å². The van der Waals surface area contributed by atoms with E-state index >= 15 is 0 Å². The fraction of sp³-hybridized carbons (Fsp3) is 0.282. The highest BCUT2D eigenvalue weighted by Gasteiger charge is 2.45. The van der Waals surface area contributed by atoms with Gasteiger partial charge in [0.15, 0.2) is 0 Å². The summed E-state index contributed by atoms with van der Waals surface area (Å²) < 4.78 is 19.2. The van der Waals surface area contributed by atoms with E-state index in [0.29, 0.717) is 71.2 Å². The predicted octanol–water partition coefficient (Wildman–Crippen LogP) is 4.44. The zero-order valence-electron chi connectivity index (χ0n) is 30.5. The van der Waals surface area contributed by atoms with Crippen LogP contribution in [0.2, 0.25) is 5.02 Å². The zero-order valence-corrected chi connectivity index (χ0v) is 32.0. The fourth-order valence-electron chi connectivity index (χ4n) is 6.92. The number of nitrogens with zero attached hydrogens (tertiary/aromatic N) is 4. The Morgan fingerprint density at radius 1 is 1.05 bits per heavy atom. The summed E-state index contributed by atoms with van der Waals surface area (Å²) in [6.45, 7) is 1.90. The van der Waals surface area contributed by atoms with Crippen LogP contribution < -0.4 is 26.0 Å². The second-order valence-corrected chi connectivity index (χ2v) is 14.9. The minimum absolute atomic E-state index is 0.0182. The van der Waals surface area contributed by atoms with E-state index in [2.05, 4.69) is 36.1 Å². The summed E-state index contributed by atoms with van der Waals surface area (Å²) >= 11 is 7.08. The lowest BCUT2D eigenvalue weighted by atomic mass is 10.0. The van der Waals surface area contributed by atoms with Crippen molar-refractivity contribution in [2.45, 2.75) is 42.7 Å². The molecule has 6 amide bonds. The molecule has 1 unspecified atom stereocenters. The highest BCUT2D eigenvalue weighted by Crippen LogP contribution is 2.35. The number of methoxy groups -OCH3 is 1. The van der Waals surface area contributed by atoms with Crippen LogP contribution in [-0.2, 0) is 19.2 Å². The van der Waals surface area contributed by atoms with Gasteiger partial charge in [-0.3, -0.25) is 43.9 Å². The van der Waals surface area contributed by atoms with Gasteiger partial charge in [-0.25, -0.2) is 14.4 Å². The maximum Gasteiger partial charge on any atom is 0.263 e. The van der Waals surface area contributed by atoms with Crippen molar-refractivity contribution in [3.8, 4) is 5.75 Å². The zero-order chi connectivity index (χ0) is 40.2. The van der Waals surface area contributed by atoms with Crippen molar-refractivity contribution in [1.82, 2.24) is 30.4 Å². The first-order valence-electron chi connectivity index (χ1n) is 18.0. The van der Waals surface area contributed by atoms with Crippen LogP contribution in [0.3, 0.4) is 0 Å². The normalized spacial score (nSPS) is 17.5. The Labute approximate surface area is 334 Å². The molecule has 7 rings (SSSR count). The van der Waals surface area contributed by atoms with Gasteiger partial charge in [0.25, 0.3) is 11.8 Å². The van der Waals surface area contributed by atoms with Gasteiger partial charge in [0.2, 0.25) is 23.6 Å². The molecule has 4 aromatic rings. The smallest absolute Gasteiger partial charge is 0.263 e. The number of nitrogens with one attached hydrogen (secondary N) is 4. The van der Waals surface area contributed by atoms with Gasteiger partial charge in [0.1, 0.15) is 29.8 Å². The third kappa shape index (κ3) is 8.75. The molecule has 3 aromatic carbocycles. The molecule has 2 fully saturated rings. The second-order valence-electron chi connectivity index (χ2n) is 13.5. The van der Waals surface area contributed by atoms with Crippen molar-refractivity contribution in [3.63, 3.8) is 0 Å². The number of carbonyl (C=O) groups excluding carboxylic acids is 6. The molecule has 3 aliphatic heterocycles. The van der Waals surface area contributed by atoms with E-state index in [4.69, 9.17) is 16.3 Å². The number of imide groups is 2. The number of ether oxygens (including phenoxy) is 1. The number of aromatic nitrogens is 2. The van der Waals surface area contributed by atoms with Crippen LogP contribution >= 0.6 is 23.4 Å². The molecule has 15 nitrogen and oxygen atoms in total. The van der Waals surface area contributed by atoms with Gasteiger partial charge in [-0.1, -0.05) is 23.7 Å². The monoisotopic (exact) mass is 814 g/mol. The highest BCUT2D eigenvalue weighted by molar-refractivity contribution is 8.00. The van der Waals surface area contributed by atoms with Gasteiger partial charge in [-0.2, -0.15) is 0 Å². The van der Waals surface area contributed by atoms with E-state index in [-0.39, 0.29) is 52.6 Å². The van der Waals surface area contributed by atoms with Crippen molar-refractivity contribution in [3.05, 3.63) is 89.0 Å². The SMILES string of the molecule is COc1cc2ncnc(Nc3ccc(F)c(Cl)c3)c2cc1NC(=O)/C=C/CN1CCC(NC(=O)CSc2cccc3c2C(=O)N(C2CCC(=O)NC2=O)C3=O)CC1. The lowest BCUT2D eigenvalue weighted by molar-refractivity contribution is -0.136. The first kappa shape index (κ1) is 39.3. The molecular formula is C39H36ClFN8O7S. The molecule has 1 aromatic heterocycles. The molecule has 0 bridgehead atoms. The van der Waals surface area contributed by atoms with Crippen molar-refractivity contribution in [1.29, 1.82) is 0 Å². The Morgan fingerprint density at radius 3 is 2.61 bits per heavy atom. The molecule has 0 aliphatic carbocycles. The predicted molar refractivity (Wildman–Crippen MR) is 210 cm³/mol. The summed E-state index contributed by atoms with van der Waals surface area (Å²) in [5, 5.41) is 11.7. The number of benzene rings is 3. The number of carbonyl (C=O) groups is 6. The highest BCUT2D eigenvalue weighted by atomic mass is 35.5. The van der Waals surface area contributed by atoms with Crippen LogP contribution in [0.15, 0.2) is 71.9 Å². The van der Waals surface area contributed by atoms with Gasteiger partial charge in [-0.15, -0.1) is 11.8 Å². The number of piperidine rings is 2. The minimum Gasteiger partial charge on any atom is -0.494 e. The molecule has 4 N–H and O–H groups in total. The molecule has 57 heavy (non-hydrogen) atoms. The average Bonchev–Trinajstić information content (AvgIpc) is 3.45. The molecule has 0 radical (unpaired) electrons. The molecule has 0 saturated carbocycles. The number of hydrogen-bond donors (Lipinski definition) is 4. The topological polar surface area (TPSA) is 192 Å². The van der Waals surface area contributed by atoms with Gasteiger partial charge in [0.05, 0.1) is 40.2 Å². The molecule has 294 valence electrons. The number of anilines is 3. The van der Waals surface area contributed by atoms with E-state index in [1.165, 1.54) is 43.8 Å². The number of rotatable bonds is 12. The molecule has 1 atom stereocenters. The Bertz CT molecular complexity index is 2340. The summed E-state index contributed by atoms with van der Waals surface area (Å²) in [5.74, 6) is -2.65. The average molecular weight is 815 g/mol. The number of hydrogen-bond acceptors (Lipinski definition) is 12. The van der Waals surface area contributed by atoms with Crippen LogP contribution in [0.25, 0.3) is 10.9 Å². The number of amides is 6. The van der Waals surface area contributed by atoms with Gasteiger partial charge >= 0.3 is 0 Å². The maximum atomic E-state index is 13.7. The van der Waals surface area contributed by atoms with Gasteiger partial charge < -0.3 is 20.7 Å². The van der Waals surface area contributed by atoms with E-state index in [1.807, 2.05) is 0 Å². The van der Waals surface area contributed by atoms with Crippen molar-refractivity contribution >= 4 is 86.9 Å². The molecule has 0 spiro atoms. The Kier molecular flexibility index (Phi) is 11.8. The minimum atomic E-state index is -1.07. The summed E-state index contributed by atoms with van der Waals surface area (Å²) in [6.07, 6.45) is 6.06. The van der Waals surface area contributed by atoms with E-state index in [1.54, 1.807) is 30.3 Å². The van der Waals surface area contributed by atoms with Crippen LogP contribution in [0.4, 0.5) is 21.6 Å². The summed E-state index contributed by atoms with van der Waals surface area (Å²) in [7, 11) is 1.48. The number of thioether (sulfide) groups is 1. The van der Waals surface area contributed by atoms with Crippen molar-refractivity contribution < 1.29 is 37.9 Å². The summed E-state index contributed by atoms with van der Waals surface area (Å²) in [5.41, 5.74) is 1.79.